The van der Waals surface area contributed by atoms with E-state index in [1.54, 1.807) is 0 Å². The Morgan fingerprint density at radius 1 is 0.978 bits per heavy atom. The third kappa shape index (κ3) is 4.47. The Kier molecular flexibility index (Phi) is 7.72. The van der Waals surface area contributed by atoms with Gasteiger partial charge < -0.3 is 14.7 Å². The van der Waals surface area contributed by atoms with E-state index in [9.17, 15) is 9.59 Å². The SMILES string of the molecule is CCC1=C(C)c2cc3[n-]c4c(cccc4c4nc(c5c6[n-]c(cc1n2)c(C)c6CC5=O)C(CCC(=O)OC)=C4C)C3(C)CC.[Zn+2]. The number of ether oxygens (including phenoxy) is 1. The summed E-state index contributed by atoms with van der Waals surface area (Å²) < 4.78 is 4.98. The number of allylic oxidation sites excluding steroid dienone is 4. The number of methoxy groups -OCH3 is 1. The normalized spacial score (nSPS) is 17.8. The van der Waals surface area contributed by atoms with E-state index < -0.39 is 0 Å². The van der Waals surface area contributed by atoms with Crippen LogP contribution in [0.2, 0.25) is 0 Å². The molecule has 3 aromatic rings. The van der Waals surface area contributed by atoms with Gasteiger partial charge in [0.05, 0.1) is 29.9 Å². The monoisotopic (exact) mass is 648 g/mol. The molecule has 0 saturated heterocycles. The molecule has 45 heavy (non-hydrogen) atoms. The van der Waals surface area contributed by atoms with Gasteiger partial charge in [0.1, 0.15) is 0 Å². The van der Waals surface area contributed by atoms with Crippen molar-refractivity contribution in [2.75, 3.05) is 7.11 Å². The number of carbonyl (C=O) groups excluding carboxylic acids is 2. The average molecular weight is 650 g/mol. The Labute approximate surface area is 276 Å². The van der Waals surface area contributed by atoms with Gasteiger partial charge in [0.15, 0.2) is 5.78 Å². The minimum Gasteiger partial charge on any atom is -0.660 e. The molecule has 0 fully saturated rings. The molecular weight excluding hydrogens is 614 g/mol. The van der Waals surface area contributed by atoms with Crippen molar-refractivity contribution in [2.45, 2.75) is 79.1 Å². The zero-order valence-corrected chi connectivity index (χ0v) is 30.1. The molecule has 7 rings (SSSR count). The summed E-state index contributed by atoms with van der Waals surface area (Å²) in [7, 11) is 1.40. The van der Waals surface area contributed by atoms with Crippen LogP contribution in [0.25, 0.3) is 44.2 Å². The Balaban J connectivity index is 0.00000357. The van der Waals surface area contributed by atoms with Gasteiger partial charge in [-0.15, -0.1) is 22.2 Å². The van der Waals surface area contributed by atoms with Crippen LogP contribution in [0.1, 0.15) is 116 Å². The van der Waals surface area contributed by atoms with E-state index in [0.29, 0.717) is 23.2 Å². The number of esters is 1. The standard InChI is InChI=1S/C37H37N4O3.Zn/c1-8-21-18(3)27-17-30-37(6,9-2)25-12-10-11-23(34(25)40-30)33-20(5)22(13-14-31(43)44-7)35(41-33)32-29(42)15-24-19(4)26(39-36(24)32)16-28(21)38-27;/h10-12,16-17H,8-9,13-15H2,1-7H3,(H-,38,39,40,41,42);/q-1;+2/p-1. The number of fused-ring (bicyclic) bond motifs is 8. The summed E-state index contributed by atoms with van der Waals surface area (Å²) in [6.07, 6.45) is 2.60. The molecule has 0 N–H and O–H groups in total. The molecule has 1 atom stereocenters. The molecular formula is C37H36N4O3Zn. The molecule has 224 valence electrons. The summed E-state index contributed by atoms with van der Waals surface area (Å²) >= 11 is 0. The van der Waals surface area contributed by atoms with Crippen molar-refractivity contribution < 1.29 is 33.8 Å². The smallest absolute Gasteiger partial charge is 0.660 e. The first-order valence-electron chi connectivity index (χ1n) is 15.5. The number of para-hydroxylation sites is 1. The second kappa shape index (κ2) is 11.2. The third-order valence-electron chi connectivity index (χ3n) is 10.2. The summed E-state index contributed by atoms with van der Waals surface area (Å²) in [5.41, 5.74) is 14.2. The number of nitrogens with zero attached hydrogens (tertiary/aromatic N) is 4. The van der Waals surface area contributed by atoms with E-state index in [1.807, 2.05) is 13.8 Å². The minimum absolute atomic E-state index is 0. The number of aromatic nitrogens is 4. The molecule has 0 spiro atoms. The molecule has 1 unspecified atom stereocenters. The number of ketones is 1. The van der Waals surface area contributed by atoms with E-state index in [2.05, 4.69) is 58.0 Å². The zero-order valence-electron chi connectivity index (χ0n) is 27.1. The van der Waals surface area contributed by atoms with E-state index in [1.165, 1.54) is 12.7 Å². The molecule has 0 saturated carbocycles. The first-order chi connectivity index (χ1) is 21.1. The fraction of sp³-hybridized carbons (Fsp3) is 0.351. The zero-order chi connectivity index (χ0) is 31.1. The molecule has 4 aliphatic rings. The largest absolute Gasteiger partial charge is 2.00 e. The van der Waals surface area contributed by atoms with Crippen LogP contribution in [0.15, 0.2) is 30.3 Å². The van der Waals surface area contributed by atoms with Crippen molar-refractivity contribution in [2.24, 2.45) is 0 Å². The second-order valence-electron chi connectivity index (χ2n) is 12.4. The number of Topliss-reactive ketones (excluding diaryl/α,β-unsaturated/α-hetero) is 1. The summed E-state index contributed by atoms with van der Waals surface area (Å²) in [6.45, 7) is 12.8. The van der Waals surface area contributed by atoms with Gasteiger partial charge in [-0.25, -0.2) is 9.97 Å². The minimum atomic E-state index is -0.304. The van der Waals surface area contributed by atoms with Gasteiger partial charge in [-0.2, -0.15) is 0 Å². The number of aryl methyl sites for hydroxylation is 1. The van der Waals surface area contributed by atoms with E-state index >= 15 is 0 Å². The number of hydrogen-bond acceptors (Lipinski definition) is 5. The van der Waals surface area contributed by atoms with Crippen molar-refractivity contribution in [3.63, 3.8) is 0 Å². The van der Waals surface area contributed by atoms with E-state index in [0.717, 1.165) is 85.4 Å². The number of hydrogen-bond donors (Lipinski definition) is 0. The average Bonchev–Trinajstić information content (AvgIpc) is 3.76. The van der Waals surface area contributed by atoms with Gasteiger partial charge >= 0.3 is 25.4 Å². The van der Waals surface area contributed by atoms with Gasteiger partial charge in [0.25, 0.3) is 0 Å². The van der Waals surface area contributed by atoms with Crippen molar-refractivity contribution in [1.82, 2.24) is 19.9 Å². The molecule has 2 aromatic heterocycles. The van der Waals surface area contributed by atoms with Crippen LogP contribution in [-0.2, 0) is 40.8 Å². The summed E-state index contributed by atoms with van der Waals surface area (Å²) in [4.78, 5) is 46.8. The molecule has 1 aromatic carbocycles. The van der Waals surface area contributed by atoms with Gasteiger partial charge in [-0.1, -0.05) is 67.8 Å². The van der Waals surface area contributed by atoms with Gasteiger partial charge in [0, 0.05) is 18.4 Å². The fourth-order valence-electron chi connectivity index (χ4n) is 7.32. The Morgan fingerprint density at radius 3 is 2.47 bits per heavy atom. The molecule has 0 radical (unpaired) electrons. The molecule has 8 heteroatoms. The van der Waals surface area contributed by atoms with E-state index in [4.69, 9.17) is 24.7 Å². The predicted molar refractivity (Wildman–Crippen MR) is 174 cm³/mol. The molecule has 1 aliphatic carbocycles. The molecule has 3 aliphatic heterocycles. The van der Waals surface area contributed by atoms with Crippen molar-refractivity contribution >= 4 is 56.0 Å². The van der Waals surface area contributed by atoms with E-state index in [-0.39, 0.29) is 49.5 Å². The van der Waals surface area contributed by atoms with Gasteiger partial charge in [-0.05, 0) is 73.1 Å². The quantitative estimate of drug-likeness (QED) is 0.209. The predicted octanol–water partition coefficient (Wildman–Crippen LogP) is 7.43. The van der Waals surface area contributed by atoms with Crippen LogP contribution in [0.3, 0.4) is 0 Å². The summed E-state index contributed by atoms with van der Waals surface area (Å²) in [5.74, 6) is -0.293. The maximum atomic E-state index is 13.7. The van der Waals surface area contributed by atoms with Crippen molar-refractivity contribution in [1.29, 1.82) is 0 Å². The maximum absolute atomic E-state index is 13.7. The van der Waals surface area contributed by atoms with Crippen LogP contribution >= 0.6 is 0 Å². The van der Waals surface area contributed by atoms with Crippen LogP contribution in [0, 0.1) is 6.92 Å². The Hall–Kier alpha value is -3.90. The molecule has 0 amide bonds. The van der Waals surface area contributed by atoms with Crippen LogP contribution in [0.5, 0.6) is 0 Å². The third-order valence-corrected chi connectivity index (χ3v) is 10.2. The fourth-order valence-corrected chi connectivity index (χ4v) is 7.32. The number of benzene rings is 1. The number of rotatable bonds is 5. The first-order valence-corrected chi connectivity index (χ1v) is 15.5. The molecule has 8 bridgehead atoms. The van der Waals surface area contributed by atoms with Crippen LogP contribution in [-0.4, -0.2) is 28.8 Å². The van der Waals surface area contributed by atoms with Gasteiger partial charge in [0.2, 0.25) is 0 Å². The van der Waals surface area contributed by atoms with Crippen LogP contribution < -0.4 is 9.97 Å². The summed E-state index contributed by atoms with van der Waals surface area (Å²) in [5, 5.41) is 0.926. The Morgan fingerprint density at radius 2 is 1.76 bits per heavy atom. The Bertz CT molecular complexity index is 2100. The first kappa shape index (κ1) is 31.1. The topological polar surface area (TPSA) is 97.4 Å². The number of carbonyl (C=O) groups is 2. The van der Waals surface area contributed by atoms with Crippen molar-refractivity contribution in [3.05, 3.63) is 81.1 Å². The molecule has 7 nitrogen and oxygen atoms in total. The van der Waals surface area contributed by atoms with Crippen LogP contribution in [0.4, 0.5) is 0 Å². The maximum Gasteiger partial charge on any atom is 2.00 e. The molecule has 5 heterocycles. The summed E-state index contributed by atoms with van der Waals surface area (Å²) in [6, 6.07) is 10.5. The second-order valence-corrected chi connectivity index (χ2v) is 12.4. The van der Waals surface area contributed by atoms with Gasteiger partial charge in [-0.3, -0.25) is 9.59 Å². The van der Waals surface area contributed by atoms with Crippen molar-refractivity contribution in [3.8, 4) is 0 Å².